The lowest BCUT2D eigenvalue weighted by Crippen LogP contribution is -2.36. The largest absolute Gasteiger partial charge is 0.374 e. The first kappa shape index (κ1) is 11.9. The first-order valence-electron chi connectivity index (χ1n) is 6.55. The zero-order chi connectivity index (χ0) is 11.7. The first-order chi connectivity index (χ1) is 7.56. The molecule has 1 heteroatoms. The van der Waals surface area contributed by atoms with E-state index < -0.39 is 0 Å². The molecule has 2 aliphatic rings. The van der Waals surface area contributed by atoms with Crippen molar-refractivity contribution in [1.29, 1.82) is 0 Å². The molecule has 1 heterocycles. The van der Waals surface area contributed by atoms with Crippen molar-refractivity contribution in [2.75, 3.05) is 0 Å². The fourth-order valence-corrected chi connectivity index (χ4v) is 3.26. The normalized spacial score (nSPS) is 40.7. The van der Waals surface area contributed by atoms with E-state index in [1.807, 2.05) is 0 Å². The van der Waals surface area contributed by atoms with Crippen molar-refractivity contribution in [2.24, 2.45) is 11.8 Å². The molecule has 4 atom stereocenters. The van der Waals surface area contributed by atoms with Gasteiger partial charge in [0, 0.05) is 0 Å². The minimum Gasteiger partial charge on any atom is -0.374 e. The molecule has 1 aliphatic heterocycles. The van der Waals surface area contributed by atoms with Gasteiger partial charge in [0.2, 0.25) is 0 Å². The third-order valence-electron chi connectivity index (χ3n) is 4.05. The van der Waals surface area contributed by atoms with Crippen LogP contribution in [0.25, 0.3) is 0 Å². The highest BCUT2D eigenvalue weighted by Gasteiger charge is 2.32. The van der Waals surface area contributed by atoms with Gasteiger partial charge in [0.25, 0.3) is 0 Å². The maximum Gasteiger partial charge on any atom is 0.0649 e. The van der Waals surface area contributed by atoms with Crippen molar-refractivity contribution >= 4 is 0 Å². The minimum absolute atomic E-state index is 0.366. The van der Waals surface area contributed by atoms with Gasteiger partial charge in [-0.15, -0.1) is 0 Å². The van der Waals surface area contributed by atoms with Crippen LogP contribution in [0.1, 0.15) is 46.5 Å². The Balaban J connectivity index is 2.04. The van der Waals surface area contributed by atoms with Gasteiger partial charge in [-0.25, -0.2) is 0 Å². The van der Waals surface area contributed by atoms with Crippen molar-refractivity contribution in [1.82, 2.24) is 0 Å². The van der Waals surface area contributed by atoms with Gasteiger partial charge in [-0.1, -0.05) is 30.7 Å². The van der Waals surface area contributed by atoms with Crippen LogP contribution in [0.2, 0.25) is 0 Å². The van der Waals surface area contributed by atoms with Gasteiger partial charge in [-0.2, -0.15) is 0 Å². The number of rotatable bonds is 1. The highest BCUT2D eigenvalue weighted by Crippen LogP contribution is 2.37. The molecule has 1 saturated heterocycles. The van der Waals surface area contributed by atoms with Crippen LogP contribution in [0.5, 0.6) is 0 Å². The zero-order valence-corrected chi connectivity index (χ0v) is 10.8. The van der Waals surface area contributed by atoms with Gasteiger partial charge in [-0.3, -0.25) is 0 Å². The molecule has 1 aliphatic carbocycles. The summed E-state index contributed by atoms with van der Waals surface area (Å²) >= 11 is 0. The topological polar surface area (TPSA) is 9.23 Å². The van der Waals surface area contributed by atoms with Gasteiger partial charge in [0.05, 0.1) is 12.2 Å². The van der Waals surface area contributed by atoms with E-state index in [1.54, 1.807) is 5.57 Å². The molecule has 1 fully saturated rings. The Labute approximate surface area is 99.6 Å². The van der Waals surface area contributed by atoms with Crippen molar-refractivity contribution in [3.8, 4) is 0 Å². The standard InChI is InChI=1S/C15H24O/c1-10-5-6-14(12(3)7-10)15-9-11(2)8-13(4)16-15/h7,12-15H,2,5-6,8-9H2,1,3-4H3. The van der Waals surface area contributed by atoms with Crippen molar-refractivity contribution in [2.45, 2.75) is 58.7 Å². The molecule has 0 N–H and O–H groups in total. The molecule has 2 rings (SSSR count). The van der Waals surface area contributed by atoms with E-state index in [0.29, 0.717) is 24.0 Å². The fraction of sp³-hybridized carbons (Fsp3) is 0.733. The van der Waals surface area contributed by atoms with E-state index in [2.05, 4.69) is 33.4 Å². The average molecular weight is 220 g/mol. The molecule has 0 aromatic heterocycles. The average Bonchev–Trinajstić information content (AvgIpc) is 2.15. The Kier molecular flexibility index (Phi) is 3.53. The molecule has 0 spiro atoms. The maximum absolute atomic E-state index is 6.11. The summed E-state index contributed by atoms with van der Waals surface area (Å²) in [4.78, 5) is 0. The summed E-state index contributed by atoms with van der Waals surface area (Å²) in [7, 11) is 0. The van der Waals surface area contributed by atoms with Crippen molar-refractivity contribution in [3.63, 3.8) is 0 Å². The number of allylic oxidation sites excluding steroid dienone is 2. The monoisotopic (exact) mass is 220 g/mol. The Morgan fingerprint density at radius 2 is 2.06 bits per heavy atom. The maximum atomic E-state index is 6.11. The Morgan fingerprint density at radius 3 is 2.69 bits per heavy atom. The highest BCUT2D eigenvalue weighted by molar-refractivity contribution is 5.10. The van der Waals surface area contributed by atoms with Gasteiger partial charge in [-0.05, 0) is 51.4 Å². The Morgan fingerprint density at radius 1 is 1.31 bits per heavy atom. The summed E-state index contributed by atoms with van der Waals surface area (Å²) in [6.45, 7) is 10.9. The van der Waals surface area contributed by atoms with E-state index in [0.717, 1.165) is 12.8 Å². The number of hydrogen-bond donors (Lipinski definition) is 0. The Hall–Kier alpha value is -0.560. The lowest BCUT2D eigenvalue weighted by Gasteiger charge is -2.39. The van der Waals surface area contributed by atoms with Crippen LogP contribution in [0.3, 0.4) is 0 Å². The van der Waals surface area contributed by atoms with E-state index in [-0.39, 0.29) is 0 Å². The van der Waals surface area contributed by atoms with E-state index in [9.17, 15) is 0 Å². The van der Waals surface area contributed by atoms with Crippen LogP contribution in [0.4, 0.5) is 0 Å². The van der Waals surface area contributed by atoms with Gasteiger partial charge >= 0.3 is 0 Å². The summed E-state index contributed by atoms with van der Waals surface area (Å²) < 4.78 is 6.11. The molecule has 4 unspecified atom stereocenters. The second kappa shape index (κ2) is 4.75. The highest BCUT2D eigenvalue weighted by atomic mass is 16.5. The summed E-state index contributed by atoms with van der Waals surface area (Å²) in [5, 5.41) is 0. The summed E-state index contributed by atoms with van der Waals surface area (Å²) in [6, 6.07) is 0. The van der Waals surface area contributed by atoms with Gasteiger partial charge in [0.15, 0.2) is 0 Å². The smallest absolute Gasteiger partial charge is 0.0649 e. The minimum atomic E-state index is 0.366. The predicted molar refractivity (Wildman–Crippen MR) is 68.4 cm³/mol. The molecule has 0 bridgehead atoms. The van der Waals surface area contributed by atoms with Crippen LogP contribution in [-0.2, 0) is 4.74 Å². The molecular weight excluding hydrogens is 196 g/mol. The van der Waals surface area contributed by atoms with E-state index in [1.165, 1.54) is 18.4 Å². The van der Waals surface area contributed by atoms with Gasteiger partial charge < -0.3 is 4.74 Å². The molecule has 16 heavy (non-hydrogen) atoms. The molecule has 1 nitrogen and oxygen atoms in total. The molecule has 0 aromatic rings. The lowest BCUT2D eigenvalue weighted by molar-refractivity contribution is -0.0624. The third-order valence-corrected chi connectivity index (χ3v) is 4.05. The fourth-order valence-electron chi connectivity index (χ4n) is 3.26. The summed E-state index contributed by atoms with van der Waals surface area (Å²) in [5.41, 5.74) is 2.92. The van der Waals surface area contributed by atoms with E-state index in [4.69, 9.17) is 4.74 Å². The quantitative estimate of drug-likeness (QED) is 0.604. The van der Waals surface area contributed by atoms with Crippen LogP contribution < -0.4 is 0 Å². The predicted octanol–water partition coefficient (Wildman–Crippen LogP) is 4.10. The van der Waals surface area contributed by atoms with Crippen molar-refractivity contribution < 1.29 is 4.74 Å². The molecule has 0 saturated carbocycles. The zero-order valence-electron chi connectivity index (χ0n) is 10.8. The molecule has 90 valence electrons. The Bertz CT molecular complexity index is 303. The molecular formula is C15H24O. The van der Waals surface area contributed by atoms with Crippen LogP contribution in [-0.4, -0.2) is 12.2 Å². The third kappa shape index (κ3) is 2.57. The summed E-state index contributed by atoms with van der Waals surface area (Å²) in [6.07, 6.45) is 7.86. The van der Waals surface area contributed by atoms with Crippen LogP contribution in [0, 0.1) is 11.8 Å². The second-order valence-electron chi connectivity index (χ2n) is 5.72. The first-order valence-corrected chi connectivity index (χ1v) is 6.55. The van der Waals surface area contributed by atoms with Crippen LogP contribution in [0.15, 0.2) is 23.8 Å². The van der Waals surface area contributed by atoms with Crippen molar-refractivity contribution in [3.05, 3.63) is 23.8 Å². The molecule has 0 radical (unpaired) electrons. The number of ether oxygens (including phenoxy) is 1. The van der Waals surface area contributed by atoms with Crippen LogP contribution >= 0.6 is 0 Å². The number of hydrogen-bond acceptors (Lipinski definition) is 1. The lowest BCUT2D eigenvalue weighted by atomic mass is 9.76. The second-order valence-corrected chi connectivity index (χ2v) is 5.72. The SMILES string of the molecule is C=C1CC(C)OC(C2CCC(C)=CC2C)C1. The summed E-state index contributed by atoms with van der Waals surface area (Å²) in [5.74, 6) is 1.36. The molecule has 0 aromatic carbocycles. The van der Waals surface area contributed by atoms with Gasteiger partial charge in [0.1, 0.15) is 0 Å². The van der Waals surface area contributed by atoms with E-state index >= 15 is 0 Å². The molecule has 0 amide bonds.